The number of carbonyl (C=O) groups excluding carboxylic acids is 1. The quantitative estimate of drug-likeness (QED) is 0.316. The number of nitro groups is 1. The molecule has 0 unspecified atom stereocenters. The molecule has 5 rings (SSSR count). The number of benzene rings is 2. The molecule has 0 aliphatic carbocycles. The Bertz CT molecular complexity index is 1310. The summed E-state index contributed by atoms with van der Waals surface area (Å²) in [6.45, 7) is 2.68. The molecule has 3 heterocycles. The van der Waals surface area contributed by atoms with Crippen molar-refractivity contribution >= 4 is 11.6 Å². The van der Waals surface area contributed by atoms with Gasteiger partial charge in [0.25, 0.3) is 11.6 Å². The van der Waals surface area contributed by atoms with Gasteiger partial charge in [0, 0.05) is 43.9 Å². The summed E-state index contributed by atoms with van der Waals surface area (Å²) >= 11 is 0. The van der Waals surface area contributed by atoms with Crippen LogP contribution in [0.1, 0.15) is 28.9 Å². The first-order valence-corrected chi connectivity index (χ1v) is 11.5. The molecular weight excluding hydrogens is 446 g/mol. The van der Waals surface area contributed by atoms with E-state index >= 15 is 0 Å². The number of nitro benzene ring substituents is 1. The largest absolute Gasteiger partial charge is 0.463 e. The van der Waals surface area contributed by atoms with Crippen LogP contribution in [0, 0.1) is 10.1 Å². The van der Waals surface area contributed by atoms with Crippen LogP contribution in [-0.4, -0.2) is 44.6 Å². The lowest BCUT2D eigenvalue weighted by Gasteiger charge is -2.32. The molecule has 178 valence electrons. The molecule has 0 spiro atoms. The highest BCUT2D eigenvalue weighted by Gasteiger charge is 2.25. The number of aromatic nitrogens is 2. The topological polar surface area (TPSA) is 106 Å². The van der Waals surface area contributed by atoms with E-state index in [1.54, 1.807) is 30.3 Å². The second kappa shape index (κ2) is 9.94. The second-order valence-electron chi connectivity index (χ2n) is 8.59. The zero-order valence-electron chi connectivity index (χ0n) is 19.0. The smallest absolute Gasteiger partial charge is 0.271 e. The summed E-state index contributed by atoms with van der Waals surface area (Å²) in [6, 6.07) is 21.6. The van der Waals surface area contributed by atoms with Gasteiger partial charge in [-0.3, -0.25) is 19.8 Å². The van der Waals surface area contributed by atoms with E-state index in [0.717, 1.165) is 32.5 Å². The molecule has 0 bridgehead atoms. The molecule has 0 atom stereocenters. The first-order chi connectivity index (χ1) is 17.1. The zero-order valence-corrected chi connectivity index (χ0v) is 19.0. The summed E-state index contributed by atoms with van der Waals surface area (Å²) in [5.41, 5.74) is 2.41. The van der Waals surface area contributed by atoms with Crippen LogP contribution in [0.4, 0.5) is 5.69 Å². The maximum atomic E-state index is 13.3. The van der Waals surface area contributed by atoms with Crippen LogP contribution in [0.15, 0.2) is 83.5 Å². The summed E-state index contributed by atoms with van der Waals surface area (Å²) in [5.74, 6) is 0.237. The van der Waals surface area contributed by atoms with Crippen LogP contribution in [0.3, 0.4) is 0 Å². The Hall–Kier alpha value is -4.24. The lowest BCUT2D eigenvalue weighted by Crippen LogP contribution is -2.44. The molecule has 0 saturated carbocycles. The molecule has 1 aliphatic rings. The second-order valence-corrected chi connectivity index (χ2v) is 8.59. The maximum absolute atomic E-state index is 13.3. The third-order valence-electron chi connectivity index (χ3n) is 6.17. The van der Waals surface area contributed by atoms with Crippen LogP contribution in [0.25, 0.3) is 17.1 Å². The van der Waals surface area contributed by atoms with Gasteiger partial charge in [-0.05, 0) is 36.6 Å². The number of amides is 1. The standard InChI is InChI=1S/C26H25N5O4/c32-26(27-20-11-13-29(14-12-20)18-19-6-2-1-3-7-19)24-17-23(25-10-5-15-35-25)28-30(24)21-8-4-9-22(16-21)31(33)34/h1-10,15-17,20H,11-14,18H2,(H,27,32). The molecule has 1 aliphatic heterocycles. The summed E-state index contributed by atoms with van der Waals surface area (Å²) in [4.78, 5) is 26.5. The Morgan fingerprint density at radius 1 is 1.06 bits per heavy atom. The predicted molar refractivity (Wildman–Crippen MR) is 130 cm³/mol. The minimum atomic E-state index is -0.469. The molecule has 0 radical (unpaired) electrons. The molecule has 1 fully saturated rings. The molecule has 9 heteroatoms. The number of non-ortho nitro benzene ring substituents is 1. The van der Waals surface area contributed by atoms with Crippen molar-refractivity contribution in [1.82, 2.24) is 20.0 Å². The van der Waals surface area contributed by atoms with Crippen molar-refractivity contribution in [3.05, 3.63) is 100 Å². The monoisotopic (exact) mass is 471 g/mol. The van der Waals surface area contributed by atoms with E-state index in [-0.39, 0.29) is 17.6 Å². The van der Waals surface area contributed by atoms with Crippen molar-refractivity contribution in [1.29, 1.82) is 0 Å². The van der Waals surface area contributed by atoms with E-state index in [0.29, 0.717) is 22.8 Å². The predicted octanol–water partition coefficient (Wildman–Crippen LogP) is 4.43. The van der Waals surface area contributed by atoms with E-state index in [2.05, 4.69) is 27.4 Å². The number of likely N-dealkylation sites (tertiary alicyclic amines) is 1. The lowest BCUT2D eigenvalue weighted by atomic mass is 10.0. The number of hydrogen-bond donors (Lipinski definition) is 1. The van der Waals surface area contributed by atoms with Crippen molar-refractivity contribution in [3.63, 3.8) is 0 Å². The minimum absolute atomic E-state index is 0.0371. The molecule has 1 amide bonds. The molecular formula is C26H25N5O4. The Morgan fingerprint density at radius 2 is 1.86 bits per heavy atom. The van der Waals surface area contributed by atoms with Crippen molar-refractivity contribution < 1.29 is 14.1 Å². The van der Waals surface area contributed by atoms with Gasteiger partial charge in [0.05, 0.1) is 16.9 Å². The Morgan fingerprint density at radius 3 is 2.57 bits per heavy atom. The average Bonchev–Trinajstić information content (AvgIpc) is 3.56. The normalized spacial score (nSPS) is 14.6. The van der Waals surface area contributed by atoms with E-state index in [4.69, 9.17) is 4.42 Å². The van der Waals surface area contributed by atoms with Gasteiger partial charge in [-0.1, -0.05) is 36.4 Å². The molecule has 1 N–H and O–H groups in total. The van der Waals surface area contributed by atoms with Crippen LogP contribution in [-0.2, 0) is 6.54 Å². The highest BCUT2D eigenvalue weighted by molar-refractivity contribution is 5.94. The molecule has 2 aromatic heterocycles. The van der Waals surface area contributed by atoms with E-state index in [1.165, 1.54) is 28.6 Å². The van der Waals surface area contributed by atoms with Crippen LogP contribution in [0.5, 0.6) is 0 Å². The molecule has 1 saturated heterocycles. The Labute approximate surface area is 202 Å². The summed E-state index contributed by atoms with van der Waals surface area (Å²) in [7, 11) is 0. The molecule has 2 aromatic carbocycles. The van der Waals surface area contributed by atoms with Crippen molar-refractivity contribution in [2.45, 2.75) is 25.4 Å². The van der Waals surface area contributed by atoms with Crippen LogP contribution < -0.4 is 5.32 Å². The van der Waals surface area contributed by atoms with Gasteiger partial charge in [0.1, 0.15) is 11.4 Å². The van der Waals surface area contributed by atoms with Crippen LogP contribution >= 0.6 is 0 Å². The Balaban J connectivity index is 1.33. The fourth-order valence-electron chi connectivity index (χ4n) is 4.36. The van der Waals surface area contributed by atoms with Gasteiger partial charge < -0.3 is 9.73 Å². The maximum Gasteiger partial charge on any atom is 0.271 e. The molecule has 4 aromatic rings. The SMILES string of the molecule is O=C(NC1CCN(Cc2ccccc2)CC1)c1cc(-c2ccco2)nn1-c1cccc([N+](=O)[O-])c1. The number of nitrogens with zero attached hydrogens (tertiary/aromatic N) is 4. The van der Waals surface area contributed by atoms with Gasteiger partial charge in [0.2, 0.25) is 0 Å². The molecule has 9 nitrogen and oxygen atoms in total. The van der Waals surface area contributed by atoms with Gasteiger partial charge in [-0.15, -0.1) is 0 Å². The third-order valence-corrected chi connectivity index (χ3v) is 6.17. The van der Waals surface area contributed by atoms with Gasteiger partial charge in [-0.25, -0.2) is 4.68 Å². The van der Waals surface area contributed by atoms with Crippen LogP contribution in [0.2, 0.25) is 0 Å². The highest BCUT2D eigenvalue weighted by atomic mass is 16.6. The zero-order chi connectivity index (χ0) is 24.2. The number of furan rings is 1. The number of hydrogen-bond acceptors (Lipinski definition) is 6. The average molecular weight is 472 g/mol. The highest BCUT2D eigenvalue weighted by Crippen LogP contribution is 2.24. The number of rotatable bonds is 7. The van der Waals surface area contributed by atoms with E-state index in [9.17, 15) is 14.9 Å². The summed E-state index contributed by atoms with van der Waals surface area (Å²) < 4.78 is 6.89. The summed E-state index contributed by atoms with van der Waals surface area (Å²) in [5, 5.41) is 18.9. The van der Waals surface area contributed by atoms with Crippen molar-refractivity contribution in [2.75, 3.05) is 13.1 Å². The van der Waals surface area contributed by atoms with Gasteiger partial charge in [0.15, 0.2) is 5.76 Å². The lowest BCUT2D eigenvalue weighted by molar-refractivity contribution is -0.384. The van der Waals surface area contributed by atoms with Crippen molar-refractivity contribution in [2.24, 2.45) is 0 Å². The van der Waals surface area contributed by atoms with Gasteiger partial charge >= 0.3 is 0 Å². The number of nitrogens with one attached hydrogen (secondary N) is 1. The Kier molecular flexibility index (Phi) is 6.40. The first-order valence-electron chi connectivity index (χ1n) is 11.5. The third kappa shape index (κ3) is 5.15. The fourth-order valence-corrected chi connectivity index (χ4v) is 4.36. The number of piperidine rings is 1. The molecule has 35 heavy (non-hydrogen) atoms. The van der Waals surface area contributed by atoms with Crippen molar-refractivity contribution in [3.8, 4) is 17.1 Å². The minimum Gasteiger partial charge on any atom is -0.463 e. The number of carbonyl (C=O) groups is 1. The van der Waals surface area contributed by atoms with Gasteiger partial charge in [-0.2, -0.15) is 5.10 Å². The first kappa shape index (κ1) is 22.5. The van der Waals surface area contributed by atoms with E-state index in [1.807, 2.05) is 18.2 Å². The van der Waals surface area contributed by atoms with E-state index < -0.39 is 4.92 Å². The summed E-state index contributed by atoms with van der Waals surface area (Å²) in [6.07, 6.45) is 3.22. The fraction of sp³-hybridized carbons (Fsp3) is 0.231.